The van der Waals surface area contributed by atoms with Crippen LogP contribution in [0.15, 0.2) is 52.5 Å². The second kappa shape index (κ2) is 7.42. The van der Waals surface area contributed by atoms with Crippen molar-refractivity contribution in [3.05, 3.63) is 59.3 Å². The van der Waals surface area contributed by atoms with Gasteiger partial charge in [-0.1, -0.05) is 18.2 Å². The van der Waals surface area contributed by atoms with Crippen molar-refractivity contribution in [1.82, 2.24) is 9.88 Å². The monoisotopic (exact) mass is 354 g/mol. The first-order valence-corrected chi connectivity index (χ1v) is 9.55. The number of likely N-dealkylation sites (tertiary alicyclic amines) is 1. The van der Waals surface area contributed by atoms with Gasteiger partial charge >= 0.3 is 0 Å². The molecule has 1 saturated heterocycles. The molecule has 0 amide bonds. The smallest absolute Gasteiger partial charge is 0.236 e. The maximum Gasteiger partial charge on any atom is 0.236 e. The Kier molecular flexibility index (Phi) is 4.85. The van der Waals surface area contributed by atoms with Crippen molar-refractivity contribution in [3.8, 4) is 16.5 Å². The van der Waals surface area contributed by atoms with E-state index < -0.39 is 0 Å². The van der Waals surface area contributed by atoms with E-state index in [1.807, 2.05) is 23.6 Å². The van der Waals surface area contributed by atoms with Gasteiger partial charge in [0.15, 0.2) is 0 Å². The Bertz CT molecular complexity index is 813. The second-order valence-corrected chi connectivity index (χ2v) is 7.39. The summed E-state index contributed by atoms with van der Waals surface area (Å²) in [6.07, 6.45) is 5.32. The third-order valence-corrected chi connectivity index (χ3v) is 5.61. The quantitative estimate of drug-likeness (QED) is 0.647. The van der Waals surface area contributed by atoms with Gasteiger partial charge in [-0.2, -0.15) is 0 Å². The predicted octanol–water partition coefficient (Wildman–Crippen LogP) is 4.62. The van der Waals surface area contributed by atoms with Crippen LogP contribution in [-0.2, 0) is 13.0 Å². The fraction of sp³-hybridized carbons (Fsp3) is 0.350. The molecule has 25 heavy (non-hydrogen) atoms. The highest BCUT2D eigenvalue weighted by atomic mass is 32.1. The minimum Gasteiger partial charge on any atom is -0.497 e. The summed E-state index contributed by atoms with van der Waals surface area (Å²) in [7, 11) is 1.72. The Morgan fingerprint density at radius 2 is 2.28 bits per heavy atom. The molecule has 1 aliphatic rings. The predicted molar refractivity (Wildman–Crippen MR) is 99.9 cm³/mol. The number of thiophene rings is 1. The van der Waals surface area contributed by atoms with Gasteiger partial charge in [-0.15, -0.1) is 11.3 Å². The highest BCUT2D eigenvalue weighted by molar-refractivity contribution is 7.13. The van der Waals surface area contributed by atoms with Crippen LogP contribution in [0.4, 0.5) is 0 Å². The van der Waals surface area contributed by atoms with Crippen LogP contribution in [0.5, 0.6) is 5.75 Å². The van der Waals surface area contributed by atoms with Gasteiger partial charge in [0.25, 0.3) is 0 Å². The number of aromatic nitrogens is 1. The molecule has 2 aromatic heterocycles. The molecule has 5 heteroatoms. The minimum absolute atomic E-state index is 0.550. The number of ether oxygens (including phenoxy) is 1. The number of rotatable bonds is 6. The first-order valence-electron chi connectivity index (χ1n) is 8.67. The lowest BCUT2D eigenvalue weighted by Crippen LogP contribution is -2.30. The molecule has 4 rings (SSSR count). The molecule has 0 N–H and O–H groups in total. The summed E-state index contributed by atoms with van der Waals surface area (Å²) in [5.74, 6) is 1.66. The van der Waals surface area contributed by atoms with Crippen LogP contribution in [0.25, 0.3) is 10.8 Å². The van der Waals surface area contributed by atoms with Gasteiger partial charge in [0.1, 0.15) is 12.0 Å². The highest BCUT2D eigenvalue weighted by Crippen LogP contribution is 2.27. The van der Waals surface area contributed by atoms with E-state index in [9.17, 15) is 0 Å². The Hall–Kier alpha value is -2.11. The van der Waals surface area contributed by atoms with Crippen LogP contribution in [0.2, 0.25) is 0 Å². The van der Waals surface area contributed by atoms with Crippen molar-refractivity contribution >= 4 is 11.3 Å². The first-order chi connectivity index (χ1) is 12.3. The Morgan fingerprint density at radius 1 is 1.32 bits per heavy atom. The van der Waals surface area contributed by atoms with Crippen molar-refractivity contribution in [1.29, 1.82) is 0 Å². The van der Waals surface area contributed by atoms with Gasteiger partial charge in [-0.3, -0.25) is 4.90 Å². The second-order valence-electron chi connectivity index (χ2n) is 6.44. The van der Waals surface area contributed by atoms with Gasteiger partial charge in [-0.25, -0.2) is 4.98 Å². The zero-order valence-electron chi connectivity index (χ0n) is 14.4. The summed E-state index contributed by atoms with van der Waals surface area (Å²) >= 11 is 1.66. The number of hydrogen-bond acceptors (Lipinski definition) is 5. The molecular weight excluding hydrogens is 332 g/mol. The van der Waals surface area contributed by atoms with E-state index in [-0.39, 0.29) is 0 Å². The number of oxazole rings is 1. The van der Waals surface area contributed by atoms with Crippen molar-refractivity contribution < 1.29 is 9.15 Å². The fourth-order valence-corrected chi connectivity index (χ4v) is 4.16. The molecule has 1 aliphatic heterocycles. The number of hydrogen-bond donors (Lipinski definition) is 0. The Labute approximate surface area is 152 Å². The van der Waals surface area contributed by atoms with E-state index in [0.29, 0.717) is 6.04 Å². The van der Waals surface area contributed by atoms with Gasteiger partial charge in [0, 0.05) is 12.6 Å². The summed E-state index contributed by atoms with van der Waals surface area (Å²) in [6.45, 7) is 1.97. The number of nitrogens with zero attached hydrogens (tertiary/aromatic N) is 2. The molecule has 0 bridgehead atoms. The lowest BCUT2D eigenvalue weighted by Gasteiger charge is -2.23. The van der Waals surface area contributed by atoms with Crippen LogP contribution in [0.1, 0.15) is 24.1 Å². The lowest BCUT2D eigenvalue weighted by atomic mass is 10.0. The van der Waals surface area contributed by atoms with E-state index >= 15 is 0 Å². The van der Waals surface area contributed by atoms with Crippen molar-refractivity contribution in [2.75, 3.05) is 13.7 Å². The average molecular weight is 354 g/mol. The average Bonchev–Trinajstić information content (AvgIpc) is 3.38. The van der Waals surface area contributed by atoms with E-state index in [1.165, 1.54) is 18.4 Å². The van der Waals surface area contributed by atoms with Crippen molar-refractivity contribution in [2.24, 2.45) is 0 Å². The molecule has 0 aliphatic carbocycles. The SMILES string of the molecule is COc1cccc(C[C@H]2CCCN2Cc2coc(-c3cccs3)n2)c1. The van der Waals surface area contributed by atoms with Gasteiger partial charge in [0.2, 0.25) is 5.89 Å². The first kappa shape index (κ1) is 16.4. The molecule has 0 unspecified atom stereocenters. The molecule has 0 radical (unpaired) electrons. The van der Waals surface area contributed by atoms with Crippen LogP contribution in [-0.4, -0.2) is 29.6 Å². The third kappa shape index (κ3) is 3.78. The van der Waals surface area contributed by atoms with E-state index in [2.05, 4.69) is 28.1 Å². The molecule has 0 spiro atoms. The van der Waals surface area contributed by atoms with Crippen LogP contribution in [0, 0.1) is 0 Å². The minimum atomic E-state index is 0.550. The zero-order valence-corrected chi connectivity index (χ0v) is 15.2. The van der Waals surface area contributed by atoms with E-state index in [1.54, 1.807) is 24.7 Å². The topological polar surface area (TPSA) is 38.5 Å². The largest absolute Gasteiger partial charge is 0.497 e. The van der Waals surface area contributed by atoms with E-state index in [0.717, 1.165) is 41.7 Å². The number of methoxy groups -OCH3 is 1. The third-order valence-electron chi connectivity index (χ3n) is 4.75. The standard InChI is InChI=1S/C20H22N2O2S/c1-23-18-7-2-5-15(12-18)11-17-6-3-9-22(17)13-16-14-24-20(21-16)19-8-4-10-25-19/h2,4-5,7-8,10,12,14,17H,3,6,9,11,13H2,1H3/t17-/m1/s1. The molecule has 1 atom stereocenters. The van der Waals surface area contributed by atoms with Gasteiger partial charge < -0.3 is 9.15 Å². The van der Waals surface area contributed by atoms with Gasteiger partial charge in [0.05, 0.1) is 17.7 Å². The molecule has 0 saturated carbocycles. The molecular formula is C20H22N2O2S. The van der Waals surface area contributed by atoms with E-state index in [4.69, 9.17) is 9.15 Å². The Morgan fingerprint density at radius 3 is 3.12 bits per heavy atom. The molecule has 4 nitrogen and oxygen atoms in total. The number of benzene rings is 1. The summed E-state index contributed by atoms with van der Waals surface area (Å²) in [5.41, 5.74) is 2.34. The molecule has 1 aromatic carbocycles. The summed E-state index contributed by atoms with van der Waals surface area (Å²) < 4.78 is 11.0. The molecule has 130 valence electrons. The molecule has 3 aromatic rings. The maximum absolute atomic E-state index is 5.66. The highest BCUT2D eigenvalue weighted by Gasteiger charge is 2.25. The van der Waals surface area contributed by atoms with Crippen LogP contribution < -0.4 is 4.74 Å². The normalized spacial score (nSPS) is 17.9. The maximum atomic E-state index is 5.66. The molecule has 3 heterocycles. The fourth-order valence-electron chi connectivity index (χ4n) is 3.51. The summed E-state index contributed by atoms with van der Waals surface area (Å²) in [5, 5.41) is 2.05. The van der Waals surface area contributed by atoms with Crippen LogP contribution in [0.3, 0.4) is 0 Å². The lowest BCUT2D eigenvalue weighted by molar-refractivity contribution is 0.241. The van der Waals surface area contributed by atoms with Crippen LogP contribution >= 0.6 is 11.3 Å². The summed E-state index contributed by atoms with van der Waals surface area (Å²) in [4.78, 5) is 8.27. The summed E-state index contributed by atoms with van der Waals surface area (Å²) in [6, 6.07) is 13.0. The Balaban J connectivity index is 1.43. The molecule has 1 fully saturated rings. The zero-order chi connectivity index (χ0) is 17.1. The van der Waals surface area contributed by atoms with Crippen molar-refractivity contribution in [3.63, 3.8) is 0 Å². The van der Waals surface area contributed by atoms with Gasteiger partial charge in [-0.05, 0) is 54.9 Å². The van der Waals surface area contributed by atoms with Crippen molar-refractivity contribution in [2.45, 2.75) is 31.8 Å².